The van der Waals surface area contributed by atoms with Crippen LogP contribution >= 0.6 is 0 Å². The SMILES string of the molecule is N=S(=O)(Nc1ccccc1)C1=CC=CON1. The molecular weight excluding hydrogens is 226 g/mol. The molecule has 1 heterocycles. The lowest BCUT2D eigenvalue weighted by atomic mass is 10.3. The van der Waals surface area contributed by atoms with Crippen LogP contribution in [0.1, 0.15) is 0 Å². The molecule has 5 nitrogen and oxygen atoms in total. The second-order valence-electron chi connectivity index (χ2n) is 3.10. The molecule has 0 aliphatic carbocycles. The first kappa shape index (κ1) is 10.6. The standard InChI is InChI=1S/C10H11N3O2S/c11-16(14,10-7-4-8-15-12-10)13-9-5-2-1-3-6-9/h1-8,12H,(H2,11,13,14). The Morgan fingerprint density at radius 2 is 2.06 bits per heavy atom. The maximum atomic E-state index is 12.0. The fraction of sp³-hybridized carbons (Fsp3) is 0. The quantitative estimate of drug-likeness (QED) is 0.752. The number of hydrogen-bond donors (Lipinski definition) is 3. The Balaban J connectivity index is 2.21. The molecule has 0 amide bonds. The smallest absolute Gasteiger partial charge is 0.174 e. The zero-order valence-corrected chi connectivity index (χ0v) is 9.16. The molecule has 0 spiro atoms. The molecule has 1 unspecified atom stereocenters. The lowest BCUT2D eigenvalue weighted by Gasteiger charge is -2.16. The molecule has 16 heavy (non-hydrogen) atoms. The fourth-order valence-corrected chi connectivity index (χ4v) is 2.19. The predicted molar refractivity (Wildman–Crippen MR) is 62.4 cm³/mol. The Bertz CT molecular complexity index is 520. The van der Waals surface area contributed by atoms with Crippen LogP contribution in [0.2, 0.25) is 0 Å². The molecule has 84 valence electrons. The van der Waals surface area contributed by atoms with E-state index >= 15 is 0 Å². The van der Waals surface area contributed by atoms with Gasteiger partial charge in [0.05, 0.1) is 0 Å². The van der Waals surface area contributed by atoms with E-state index in [0.29, 0.717) is 5.69 Å². The highest BCUT2D eigenvalue weighted by molar-refractivity contribution is 7.97. The number of allylic oxidation sites excluding steroid dienone is 2. The summed E-state index contributed by atoms with van der Waals surface area (Å²) in [6.45, 7) is 0. The topological polar surface area (TPSA) is 74.2 Å². The van der Waals surface area contributed by atoms with Crippen LogP contribution in [0.4, 0.5) is 5.69 Å². The van der Waals surface area contributed by atoms with E-state index in [1.54, 1.807) is 30.3 Å². The number of para-hydroxylation sites is 1. The number of anilines is 1. The van der Waals surface area contributed by atoms with E-state index in [9.17, 15) is 4.21 Å². The van der Waals surface area contributed by atoms with Crippen LogP contribution in [0.5, 0.6) is 0 Å². The van der Waals surface area contributed by atoms with E-state index in [1.165, 1.54) is 12.3 Å². The zero-order valence-electron chi connectivity index (χ0n) is 8.34. The van der Waals surface area contributed by atoms with Crippen LogP contribution in [0, 0.1) is 4.78 Å². The summed E-state index contributed by atoms with van der Waals surface area (Å²) in [7, 11) is -3.11. The summed E-state index contributed by atoms with van der Waals surface area (Å²) in [4.78, 5) is 4.77. The van der Waals surface area contributed by atoms with Crippen molar-refractivity contribution in [1.29, 1.82) is 4.78 Å². The summed E-state index contributed by atoms with van der Waals surface area (Å²) < 4.78 is 22.4. The minimum absolute atomic E-state index is 0.193. The predicted octanol–water partition coefficient (Wildman–Crippen LogP) is 1.95. The maximum absolute atomic E-state index is 12.0. The second kappa shape index (κ2) is 4.28. The summed E-state index contributed by atoms with van der Waals surface area (Å²) in [6, 6.07) is 8.94. The summed E-state index contributed by atoms with van der Waals surface area (Å²) in [5.74, 6) is 0. The third-order valence-corrected chi connectivity index (χ3v) is 3.26. The van der Waals surface area contributed by atoms with Crippen LogP contribution in [0.3, 0.4) is 0 Å². The first-order valence-corrected chi connectivity index (χ1v) is 6.14. The Morgan fingerprint density at radius 3 is 2.69 bits per heavy atom. The van der Waals surface area contributed by atoms with Crippen molar-refractivity contribution >= 4 is 15.6 Å². The van der Waals surface area contributed by atoms with Gasteiger partial charge in [-0.2, -0.15) is 0 Å². The molecule has 3 N–H and O–H groups in total. The van der Waals surface area contributed by atoms with E-state index in [1.807, 2.05) is 6.07 Å². The summed E-state index contributed by atoms with van der Waals surface area (Å²) in [6.07, 6.45) is 4.52. The molecule has 0 bridgehead atoms. The molecule has 1 aromatic carbocycles. The summed E-state index contributed by atoms with van der Waals surface area (Å²) >= 11 is 0. The number of rotatable bonds is 3. The van der Waals surface area contributed by atoms with E-state index in [-0.39, 0.29) is 5.03 Å². The lowest BCUT2D eigenvalue weighted by molar-refractivity contribution is 0.167. The van der Waals surface area contributed by atoms with E-state index in [4.69, 9.17) is 9.62 Å². The molecule has 2 rings (SSSR count). The largest absolute Gasteiger partial charge is 0.389 e. The van der Waals surface area contributed by atoms with Gasteiger partial charge in [-0.15, -0.1) is 0 Å². The van der Waals surface area contributed by atoms with Crippen molar-refractivity contribution in [2.75, 3.05) is 4.72 Å². The van der Waals surface area contributed by atoms with Crippen molar-refractivity contribution in [3.8, 4) is 0 Å². The molecule has 0 saturated heterocycles. The van der Waals surface area contributed by atoms with Crippen molar-refractivity contribution in [3.63, 3.8) is 0 Å². The van der Waals surface area contributed by atoms with Crippen molar-refractivity contribution in [2.45, 2.75) is 0 Å². The highest BCUT2D eigenvalue weighted by atomic mass is 32.2. The van der Waals surface area contributed by atoms with E-state index < -0.39 is 9.92 Å². The van der Waals surface area contributed by atoms with E-state index in [2.05, 4.69) is 10.2 Å². The van der Waals surface area contributed by atoms with Gasteiger partial charge in [0.1, 0.15) is 6.26 Å². The Kier molecular flexibility index (Phi) is 2.82. The molecular formula is C10H11N3O2S. The van der Waals surface area contributed by atoms with Gasteiger partial charge in [0, 0.05) is 5.69 Å². The summed E-state index contributed by atoms with van der Waals surface area (Å²) in [5, 5.41) is 0.193. The Hall–Kier alpha value is -1.95. The molecule has 1 aliphatic rings. The average molecular weight is 237 g/mol. The van der Waals surface area contributed by atoms with Gasteiger partial charge in [-0.3, -0.25) is 4.72 Å². The fourth-order valence-electron chi connectivity index (χ4n) is 1.17. The molecule has 0 fully saturated rings. The van der Waals surface area contributed by atoms with Gasteiger partial charge in [0.25, 0.3) is 0 Å². The summed E-state index contributed by atoms with van der Waals surface area (Å²) in [5.41, 5.74) is 3.05. The number of benzene rings is 1. The third-order valence-electron chi connectivity index (χ3n) is 1.90. The van der Waals surface area contributed by atoms with Gasteiger partial charge in [-0.1, -0.05) is 18.2 Å². The molecule has 1 aromatic rings. The highest BCUT2D eigenvalue weighted by Gasteiger charge is 2.14. The number of hydroxylamine groups is 1. The van der Waals surface area contributed by atoms with Crippen LogP contribution in [0.25, 0.3) is 0 Å². The average Bonchev–Trinajstić information content (AvgIpc) is 2.31. The Labute approximate surface area is 93.9 Å². The van der Waals surface area contributed by atoms with Gasteiger partial charge in [0.2, 0.25) is 0 Å². The van der Waals surface area contributed by atoms with Crippen LogP contribution in [0.15, 0.2) is 53.8 Å². The molecule has 0 radical (unpaired) electrons. The Morgan fingerprint density at radius 1 is 1.31 bits per heavy atom. The van der Waals surface area contributed by atoms with Gasteiger partial charge in [-0.05, 0) is 24.3 Å². The minimum Gasteiger partial charge on any atom is -0.389 e. The lowest BCUT2D eigenvalue weighted by Crippen LogP contribution is -2.25. The first-order chi connectivity index (χ1) is 7.68. The third kappa shape index (κ3) is 2.34. The molecule has 6 heteroatoms. The van der Waals surface area contributed by atoms with Gasteiger partial charge < -0.3 is 4.84 Å². The number of nitrogens with one attached hydrogen (secondary N) is 3. The molecule has 0 aromatic heterocycles. The van der Waals surface area contributed by atoms with E-state index in [0.717, 1.165) is 0 Å². The van der Waals surface area contributed by atoms with Crippen LogP contribution in [-0.4, -0.2) is 4.21 Å². The maximum Gasteiger partial charge on any atom is 0.174 e. The number of hydrogen-bond acceptors (Lipinski definition) is 4. The van der Waals surface area contributed by atoms with Gasteiger partial charge in [-0.25, -0.2) is 14.5 Å². The van der Waals surface area contributed by atoms with Crippen molar-refractivity contribution in [3.05, 3.63) is 53.8 Å². The van der Waals surface area contributed by atoms with Crippen molar-refractivity contribution in [2.24, 2.45) is 0 Å². The van der Waals surface area contributed by atoms with Crippen molar-refractivity contribution < 1.29 is 9.05 Å². The van der Waals surface area contributed by atoms with Gasteiger partial charge >= 0.3 is 0 Å². The molecule has 1 atom stereocenters. The zero-order chi connectivity index (χ0) is 11.4. The van der Waals surface area contributed by atoms with Crippen LogP contribution in [-0.2, 0) is 14.8 Å². The molecule has 1 aliphatic heterocycles. The normalized spacial score (nSPS) is 17.6. The van der Waals surface area contributed by atoms with Crippen molar-refractivity contribution in [1.82, 2.24) is 5.48 Å². The first-order valence-electron chi connectivity index (χ1n) is 4.58. The highest BCUT2D eigenvalue weighted by Crippen LogP contribution is 2.14. The monoisotopic (exact) mass is 237 g/mol. The second-order valence-corrected chi connectivity index (χ2v) is 4.86. The molecule has 0 saturated carbocycles. The van der Waals surface area contributed by atoms with Crippen LogP contribution < -0.4 is 10.2 Å². The minimum atomic E-state index is -3.11. The van der Waals surface area contributed by atoms with Gasteiger partial charge in [0.15, 0.2) is 14.9 Å².